The minimum Gasteiger partial charge on any atom is -0.336 e. The quantitative estimate of drug-likeness (QED) is 0.810. The monoisotopic (exact) mass is 353 g/mol. The zero-order valence-corrected chi connectivity index (χ0v) is 15.7. The molecule has 0 bridgehead atoms. The van der Waals surface area contributed by atoms with E-state index in [-0.39, 0.29) is 5.91 Å². The van der Waals surface area contributed by atoms with Crippen molar-refractivity contribution in [3.8, 4) is 0 Å². The van der Waals surface area contributed by atoms with E-state index in [1.807, 2.05) is 24.3 Å². The molecule has 0 spiro atoms. The lowest BCUT2D eigenvalue weighted by Crippen LogP contribution is -2.53. The second-order valence-electron chi connectivity index (χ2n) is 6.41. The summed E-state index contributed by atoms with van der Waals surface area (Å²) < 4.78 is 26.8. The molecule has 134 valence electrons. The van der Waals surface area contributed by atoms with Gasteiger partial charge in [-0.3, -0.25) is 4.79 Å². The van der Waals surface area contributed by atoms with Gasteiger partial charge in [0.05, 0.1) is 0 Å². The Morgan fingerprint density at radius 2 is 1.67 bits per heavy atom. The predicted octanol–water partition coefficient (Wildman–Crippen LogP) is 1.76. The summed E-state index contributed by atoms with van der Waals surface area (Å²) in [6, 6.07) is 7.75. The summed E-state index contributed by atoms with van der Waals surface area (Å²) in [6.07, 6.45) is 1.07. The van der Waals surface area contributed by atoms with Gasteiger partial charge >= 0.3 is 0 Å². The normalized spacial score (nSPS) is 18.0. The molecule has 1 amide bonds. The first kappa shape index (κ1) is 18.9. The van der Waals surface area contributed by atoms with E-state index >= 15 is 0 Å². The van der Waals surface area contributed by atoms with E-state index in [4.69, 9.17) is 0 Å². The Balaban J connectivity index is 2.00. The van der Waals surface area contributed by atoms with Gasteiger partial charge in [-0.15, -0.1) is 0 Å². The Morgan fingerprint density at radius 3 is 2.12 bits per heavy atom. The Labute approximate surface area is 145 Å². The molecule has 0 N–H and O–H groups in total. The Hall–Kier alpha value is -1.44. The van der Waals surface area contributed by atoms with Gasteiger partial charge in [0.1, 0.15) is 0 Å². The van der Waals surface area contributed by atoms with Crippen LogP contribution in [0.15, 0.2) is 24.3 Å². The summed E-state index contributed by atoms with van der Waals surface area (Å²) in [5.41, 5.74) is 1.89. The van der Waals surface area contributed by atoms with Crippen LogP contribution in [0.2, 0.25) is 0 Å². The maximum atomic E-state index is 12.6. The molecule has 24 heavy (non-hydrogen) atoms. The Morgan fingerprint density at radius 1 is 1.12 bits per heavy atom. The van der Waals surface area contributed by atoms with Crippen LogP contribution in [0.3, 0.4) is 0 Å². The highest BCUT2D eigenvalue weighted by Gasteiger charge is 2.30. The molecule has 1 heterocycles. The minimum atomic E-state index is -3.40. The summed E-state index contributed by atoms with van der Waals surface area (Å²) >= 11 is 0. The lowest BCUT2D eigenvalue weighted by molar-refractivity contribution is 0.0695. The van der Waals surface area contributed by atoms with Crippen LogP contribution in [0.4, 0.5) is 0 Å². The molecule has 1 atom stereocenters. The van der Waals surface area contributed by atoms with Crippen LogP contribution >= 0.6 is 0 Å². The molecule has 1 aromatic carbocycles. The molecule has 0 saturated carbocycles. The summed E-state index contributed by atoms with van der Waals surface area (Å²) in [5, 5.41) is 0. The van der Waals surface area contributed by atoms with Crippen LogP contribution in [-0.4, -0.2) is 68.1 Å². The largest absolute Gasteiger partial charge is 0.336 e. The summed E-state index contributed by atoms with van der Waals surface area (Å²) in [4.78, 5) is 14.3. The number of nitrogens with zero attached hydrogens (tertiary/aromatic N) is 3. The third-order valence-electron chi connectivity index (χ3n) is 4.65. The zero-order valence-electron chi connectivity index (χ0n) is 14.9. The molecule has 1 aromatic rings. The second-order valence-corrected chi connectivity index (χ2v) is 8.56. The van der Waals surface area contributed by atoms with Gasteiger partial charge in [0.25, 0.3) is 16.1 Å². The van der Waals surface area contributed by atoms with Crippen LogP contribution in [0, 0.1) is 0 Å². The fourth-order valence-corrected chi connectivity index (χ4v) is 3.81. The molecule has 7 heteroatoms. The average Bonchev–Trinajstić information content (AvgIpc) is 2.60. The Bertz CT molecular complexity index is 663. The number of amides is 1. The van der Waals surface area contributed by atoms with E-state index in [0.717, 1.165) is 6.42 Å². The predicted molar refractivity (Wildman–Crippen MR) is 95.2 cm³/mol. The van der Waals surface area contributed by atoms with Gasteiger partial charge in [-0.1, -0.05) is 26.0 Å². The van der Waals surface area contributed by atoms with Crippen molar-refractivity contribution in [2.45, 2.75) is 26.2 Å². The van der Waals surface area contributed by atoms with Gasteiger partial charge < -0.3 is 4.90 Å². The number of carbonyl (C=O) groups excluding carboxylic acids is 1. The number of piperazine rings is 1. The standard InChI is InChI=1S/C17H27N3O3S/c1-5-14(2)15-6-8-16(9-7-15)17(21)19-10-12-20(13-11-19)24(22,23)18(3)4/h6-9,14H,5,10-13H2,1-4H3. The van der Waals surface area contributed by atoms with Crippen LogP contribution in [0.25, 0.3) is 0 Å². The molecule has 1 unspecified atom stereocenters. The number of hydrogen-bond acceptors (Lipinski definition) is 3. The summed E-state index contributed by atoms with van der Waals surface area (Å²) in [5.74, 6) is 0.446. The summed E-state index contributed by atoms with van der Waals surface area (Å²) in [7, 11) is -0.364. The smallest absolute Gasteiger partial charge is 0.281 e. The number of carbonyl (C=O) groups is 1. The highest BCUT2D eigenvalue weighted by Crippen LogP contribution is 2.20. The van der Waals surface area contributed by atoms with Crippen molar-refractivity contribution >= 4 is 16.1 Å². The lowest BCUT2D eigenvalue weighted by Gasteiger charge is -2.35. The first-order valence-electron chi connectivity index (χ1n) is 8.34. The molecule has 0 aromatic heterocycles. The van der Waals surface area contributed by atoms with Crippen LogP contribution < -0.4 is 0 Å². The molecule has 0 aliphatic carbocycles. The van der Waals surface area contributed by atoms with Gasteiger partial charge in [-0.2, -0.15) is 17.0 Å². The van der Waals surface area contributed by atoms with E-state index < -0.39 is 10.2 Å². The van der Waals surface area contributed by atoms with Crippen LogP contribution in [0.5, 0.6) is 0 Å². The Kier molecular flexibility index (Phi) is 6.01. The molecule has 6 nitrogen and oxygen atoms in total. The minimum absolute atomic E-state index is 0.0346. The highest BCUT2D eigenvalue weighted by molar-refractivity contribution is 7.86. The number of benzene rings is 1. The lowest BCUT2D eigenvalue weighted by atomic mass is 9.97. The molecule has 1 saturated heterocycles. The maximum Gasteiger partial charge on any atom is 0.281 e. The molecule has 0 radical (unpaired) electrons. The van der Waals surface area contributed by atoms with E-state index in [2.05, 4.69) is 13.8 Å². The molecule has 1 aliphatic rings. The van der Waals surface area contributed by atoms with Crippen molar-refractivity contribution in [2.24, 2.45) is 0 Å². The van der Waals surface area contributed by atoms with Gasteiger partial charge in [-0.25, -0.2) is 0 Å². The average molecular weight is 353 g/mol. The van der Waals surface area contributed by atoms with Gasteiger partial charge in [0.2, 0.25) is 0 Å². The molecule has 2 rings (SSSR count). The molecule has 1 fully saturated rings. The number of rotatable bonds is 5. The van der Waals surface area contributed by atoms with E-state index in [1.165, 1.54) is 28.3 Å². The molecular weight excluding hydrogens is 326 g/mol. The fraction of sp³-hybridized carbons (Fsp3) is 0.588. The fourth-order valence-electron chi connectivity index (χ4n) is 2.73. The SMILES string of the molecule is CCC(C)c1ccc(C(=O)N2CCN(S(=O)(=O)N(C)C)CC2)cc1. The topological polar surface area (TPSA) is 60.9 Å². The van der Waals surface area contributed by atoms with Crippen molar-refractivity contribution in [1.82, 2.24) is 13.5 Å². The van der Waals surface area contributed by atoms with Gasteiger partial charge in [-0.05, 0) is 30.0 Å². The van der Waals surface area contributed by atoms with Crippen molar-refractivity contribution in [2.75, 3.05) is 40.3 Å². The third-order valence-corrected chi connectivity index (χ3v) is 6.59. The molecule has 1 aliphatic heterocycles. The van der Waals surface area contributed by atoms with Crippen LogP contribution in [-0.2, 0) is 10.2 Å². The maximum absolute atomic E-state index is 12.6. The van der Waals surface area contributed by atoms with Gasteiger partial charge in [0.15, 0.2) is 0 Å². The van der Waals surface area contributed by atoms with Crippen molar-refractivity contribution in [1.29, 1.82) is 0 Å². The van der Waals surface area contributed by atoms with Crippen LogP contribution in [0.1, 0.15) is 42.1 Å². The first-order valence-corrected chi connectivity index (χ1v) is 9.74. The van der Waals surface area contributed by atoms with E-state index in [0.29, 0.717) is 37.7 Å². The zero-order chi connectivity index (χ0) is 17.9. The second kappa shape index (κ2) is 7.63. The van der Waals surface area contributed by atoms with Gasteiger partial charge in [0, 0.05) is 45.8 Å². The van der Waals surface area contributed by atoms with E-state index in [9.17, 15) is 13.2 Å². The summed E-state index contributed by atoms with van der Waals surface area (Å²) in [6.45, 7) is 5.80. The first-order chi connectivity index (χ1) is 11.3. The molecular formula is C17H27N3O3S. The van der Waals surface area contributed by atoms with Crippen molar-refractivity contribution in [3.63, 3.8) is 0 Å². The van der Waals surface area contributed by atoms with Crippen molar-refractivity contribution < 1.29 is 13.2 Å². The highest BCUT2D eigenvalue weighted by atomic mass is 32.2. The third kappa shape index (κ3) is 3.96. The van der Waals surface area contributed by atoms with Crippen molar-refractivity contribution in [3.05, 3.63) is 35.4 Å². The number of hydrogen-bond donors (Lipinski definition) is 0. The van der Waals surface area contributed by atoms with E-state index in [1.54, 1.807) is 4.90 Å².